The van der Waals surface area contributed by atoms with Crippen molar-refractivity contribution in [3.8, 4) is 11.4 Å². The minimum absolute atomic E-state index is 0.0158. The summed E-state index contributed by atoms with van der Waals surface area (Å²) in [5.41, 5.74) is 2.82. The second-order valence-corrected chi connectivity index (χ2v) is 8.95. The molecule has 0 fully saturated rings. The number of nitro benzene ring substituents is 1. The molecule has 1 amide bonds. The van der Waals surface area contributed by atoms with Gasteiger partial charge >= 0.3 is 0 Å². The molecule has 0 radical (unpaired) electrons. The van der Waals surface area contributed by atoms with Crippen molar-refractivity contribution in [2.45, 2.75) is 18.1 Å². The Hall–Kier alpha value is -4.05. The normalized spacial score (nSPS) is 12.5. The summed E-state index contributed by atoms with van der Waals surface area (Å²) in [6.45, 7) is 0.886. The monoisotopic (exact) mass is 489 g/mol. The zero-order chi connectivity index (χ0) is 24.4. The highest BCUT2D eigenvalue weighted by Gasteiger charge is 2.27. The van der Waals surface area contributed by atoms with E-state index in [-0.39, 0.29) is 17.3 Å². The highest BCUT2D eigenvalue weighted by Crippen LogP contribution is 2.33. The zero-order valence-electron chi connectivity index (χ0n) is 18.5. The molecule has 0 unspecified atom stereocenters. The standard InChI is InChI=1S/C25H20FN5O3S/c26-21-9-5-4-8-20(21)24-27-28-25(30(24)15-17-6-2-1-3-7-17)35-16-23(32)29-13-12-18-14-19(31(33)34)10-11-22(18)29/h1-11,14H,12-13,15-16H2. The molecular formula is C25H20FN5O3S. The van der Waals surface area contributed by atoms with Crippen molar-refractivity contribution in [1.29, 1.82) is 0 Å². The van der Waals surface area contributed by atoms with E-state index >= 15 is 0 Å². The van der Waals surface area contributed by atoms with Crippen LogP contribution in [0.5, 0.6) is 0 Å². The lowest BCUT2D eigenvalue weighted by atomic mass is 10.1. The molecule has 35 heavy (non-hydrogen) atoms. The van der Waals surface area contributed by atoms with Crippen LogP contribution >= 0.6 is 11.8 Å². The quantitative estimate of drug-likeness (QED) is 0.212. The van der Waals surface area contributed by atoms with E-state index in [1.54, 1.807) is 29.2 Å². The third-order valence-corrected chi connectivity index (χ3v) is 6.76. The number of hydrogen-bond acceptors (Lipinski definition) is 6. The number of fused-ring (bicyclic) bond motifs is 1. The van der Waals surface area contributed by atoms with Crippen LogP contribution in [0.25, 0.3) is 11.4 Å². The van der Waals surface area contributed by atoms with Gasteiger partial charge in [-0.3, -0.25) is 19.5 Å². The molecule has 2 heterocycles. The van der Waals surface area contributed by atoms with Crippen molar-refractivity contribution in [3.05, 3.63) is 99.9 Å². The topological polar surface area (TPSA) is 94.2 Å². The van der Waals surface area contributed by atoms with Gasteiger partial charge in [-0.25, -0.2) is 4.39 Å². The third-order valence-electron chi connectivity index (χ3n) is 5.81. The number of non-ortho nitro benzene ring substituents is 1. The Morgan fingerprint density at radius 1 is 1.06 bits per heavy atom. The van der Waals surface area contributed by atoms with Gasteiger partial charge in [-0.1, -0.05) is 54.2 Å². The summed E-state index contributed by atoms with van der Waals surface area (Å²) < 4.78 is 16.4. The summed E-state index contributed by atoms with van der Waals surface area (Å²) in [5.74, 6) is -0.0460. The number of carbonyl (C=O) groups is 1. The number of thioether (sulfide) groups is 1. The van der Waals surface area contributed by atoms with E-state index in [0.29, 0.717) is 41.7 Å². The smallest absolute Gasteiger partial charge is 0.269 e. The van der Waals surface area contributed by atoms with Gasteiger partial charge in [-0.15, -0.1) is 10.2 Å². The number of nitrogens with zero attached hydrogens (tertiary/aromatic N) is 5. The van der Waals surface area contributed by atoms with Gasteiger partial charge in [0.2, 0.25) is 5.91 Å². The Morgan fingerprint density at radius 2 is 1.83 bits per heavy atom. The van der Waals surface area contributed by atoms with Crippen LogP contribution in [-0.2, 0) is 17.8 Å². The molecule has 0 saturated carbocycles. The average molecular weight is 490 g/mol. The van der Waals surface area contributed by atoms with Crippen LogP contribution in [0.2, 0.25) is 0 Å². The van der Waals surface area contributed by atoms with Crippen molar-refractivity contribution in [2.24, 2.45) is 0 Å². The van der Waals surface area contributed by atoms with Gasteiger partial charge in [0.15, 0.2) is 11.0 Å². The third kappa shape index (κ3) is 4.65. The molecule has 1 aromatic heterocycles. The summed E-state index contributed by atoms with van der Waals surface area (Å²) in [6.07, 6.45) is 0.565. The van der Waals surface area contributed by atoms with E-state index in [1.165, 1.54) is 30.0 Å². The highest BCUT2D eigenvalue weighted by atomic mass is 32.2. The van der Waals surface area contributed by atoms with Crippen LogP contribution in [-0.4, -0.2) is 37.9 Å². The SMILES string of the molecule is O=C(CSc1nnc(-c2ccccc2F)n1Cc1ccccc1)N1CCc2cc([N+](=O)[O-])ccc21. The van der Waals surface area contributed by atoms with Crippen LogP contribution in [0.4, 0.5) is 15.8 Å². The van der Waals surface area contributed by atoms with Crippen LogP contribution in [0.3, 0.4) is 0 Å². The summed E-state index contributed by atoms with van der Waals surface area (Å²) in [7, 11) is 0. The first-order valence-corrected chi connectivity index (χ1v) is 11.9. The molecule has 1 aliphatic rings. The number of carbonyl (C=O) groups excluding carboxylic acids is 1. The van der Waals surface area contributed by atoms with Gasteiger partial charge in [0.05, 0.1) is 22.8 Å². The molecule has 5 rings (SSSR count). The molecular weight excluding hydrogens is 469 g/mol. The summed E-state index contributed by atoms with van der Waals surface area (Å²) in [4.78, 5) is 25.3. The van der Waals surface area contributed by atoms with Gasteiger partial charge in [0.1, 0.15) is 5.82 Å². The predicted molar refractivity (Wildman–Crippen MR) is 131 cm³/mol. The second-order valence-electron chi connectivity index (χ2n) is 8.01. The lowest BCUT2D eigenvalue weighted by Gasteiger charge is -2.17. The lowest BCUT2D eigenvalue weighted by molar-refractivity contribution is -0.384. The molecule has 0 aliphatic carbocycles. The van der Waals surface area contributed by atoms with Crippen LogP contribution in [0.15, 0.2) is 78.0 Å². The Bertz CT molecular complexity index is 1410. The van der Waals surface area contributed by atoms with Crippen molar-refractivity contribution < 1.29 is 14.1 Å². The largest absolute Gasteiger partial charge is 0.311 e. The van der Waals surface area contributed by atoms with Gasteiger partial charge < -0.3 is 4.90 Å². The first-order valence-electron chi connectivity index (χ1n) is 10.9. The molecule has 1 aliphatic heterocycles. The van der Waals surface area contributed by atoms with Crippen molar-refractivity contribution in [1.82, 2.24) is 14.8 Å². The van der Waals surface area contributed by atoms with Gasteiger partial charge in [-0.05, 0) is 35.7 Å². The maximum Gasteiger partial charge on any atom is 0.269 e. The molecule has 10 heteroatoms. The van der Waals surface area contributed by atoms with Gasteiger partial charge in [-0.2, -0.15) is 0 Å². The first-order chi connectivity index (χ1) is 17.0. The molecule has 0 atom stereocenters. The van der Waals surface area contributed by atoms with E-state index in [0.717, 1.165) is 11.1 Å². The van der Waals surface area contributed by atoms with Gasteiger partial charge in [0.25, 0.3) is 5.69 Å². The van der Waals surface area contributed by atoms with Crippen molar-refractivity contribution in [3.63, 3.8) is 0 Å². The highest BCUT2D eigenvalue weighted by molar-refractivity contribution is 7.99. The fraction of sp³-hybridized carbons (Fsp3) is 0.160. The number of hydrogen-bond donors (Lipinski definition) is 0. The Morgan fingerprint density at radius 3 is 2.60 bits per heavy atom. The number of rotatable bonds is 7. The van der Waals surface area contributed by atoms with Crippen molar-refractivity contribution >= 4 is 29.0 Å². The Kier molecular flexibility index (Phi) is 6.28. The lowest BCUT2D eigenvalue weighted by Crippen LogP contribution is -2.30. The summed E-state index contributed by atoms with van der Waals surface area (Å²) in [6, 6.07) is 20.6. The number of nitro groups is 1. The maximum absolute atomic E-state index is 14.6. The van der Waals surface area contributed by atoms with E-state index in [1.807, 2.05) is 34.9 Å². The fourth-order valence-electron chi connectivity index (χ4n) is 4.11. The van der Waals surface area contributed by atoms with Gasteiger partial charge in [0, 0.05) is 24.4 Å². The number of aromatic nitrogens is 3. The Labute approximate surface area is 204 Å². The van der Waals surface area contributed by atoms with Crippen molar-refractivity contribution in [2.75, 3.05) is 17.2 Å². The molecule has 0 spiro atoms. The molecule has 0 bridgehead atoms. The van der Waals surface area contributed by atoms with E-state index in [2.05, 4.69) is 10.2 Å². The molecule has 4 aromatic rings. The molecule has 176 valence electrons. The Balaban J connectivity index is 1.39. The number of halogens is 1. The minimum atomic E-state index is -0.437. The number of benzene rings is 3. The molecule has 0 N–H and O–H groups in total. The minimum Gasteiger partial charge on any atom is -0.311 e. The molecule has 0 saturated heterocycles. The molecule has 3 aromatic carbocycles. The first kappa shape index (κ1) is 22.7. The average Bonchev–Trinajstić information content (AvgIpc) is 3.47. The number of amides is 1. The maximum atomic E-state index is 14.6. The summed E-state index contributed by atoms with van der Waals surface area (Å²) in [5, 5.41) is 20.1. The van der Waals surface area contributed by atoms with E-state index in [4.69, 9.17) is 0 Å². The van der Waals surface area contributed by atoms with E-state index in [9.17, 15) is 19.3 Å². The van der Waals surface area contributed by atoms with Crippen LogP contribution < -0.4 is 4.90 Å². The fourth-order valence-corrected chi connectivity index (χ4v) is 4.92. The second kappa shape index (κ2) is 9.67. The van der Waals surface area contributed by atoms with E-state index < -0.39 is 10.7 Å². The van der Waals surface area contributed by atoms with Crippen LogP contribution in [0, 0.1) is 15.9 Å². The summed E-state index contributed by atoms with van der Waals surface area (Å²) >= 11 is 1.23. The van der Waals surface area contributed by atoms with Crippen LogP contribution in [0.1, 0.15) is 11.1 Å². The number of anilines is 1. The molecule has 8 nitrogen and oxygen atoms in total. The zero-order valence-corrected chi connectivity index (χ0v) is 19.3. The predicted octanol–water partition coefficient (Wildman–Crippen LogP) is 4.72.